The van der Waals surface area contributed by atoms with E-state index in [4.69, 9.17) is 9.47 Å². The van der Waals surface area contributed by atoms with Crippen LogP contribution in [0.2, 0.25) is 0 Å². The Bertz CT molecular complexity index is 437. The van der Waals surface area contributed by atoms with Gasteiger partial charge in [0, 0.05) is 6.61 Å². The van der Waals surface area contributed by atoms with Crippen molar-refractivity contribution in [3.8, 4) is 5.75 Å². The molecule has 1 aromatic rings. The van der Waals surface area contributed by atoms with Gasteiger partial charge < -0.3 is 19.4 Å². The fraction of sp³-hybridized carbons (Fsp3) is 0.357. The molecule has 0 spiro atoms. The fourth-order valence-electron chi connectivity index (χ4n) is 1.68. The summed E-state index contributed by atoms with van der Waals surface area (Å²) in [5, 5.41) is 10.4. The summed E-state index contributed by atoms with van der Waals surface area (Å²) in [6, 6.07) is 5.41. The molecule has 0 aliphatic rings. The molecule has 0 aliphatic carbocycles. The lowest BCUT2D eigenvalue weighted by Crippen LogP contribution is -2.18. The molecule has 0 aliphatic heterocycles. The van der Waals surface area contributed by atoms with Gasteiger partial charge in [-0.15, -0.1) is 0 Å². The summed E-state index contributed by atoms with van der Waals surface area (Å²) in [5.41, 5.74) is 1.66. The Hall–Kier alpha value is -1.81. The molecule has 1 atom stereocenters. The first-order valence-electron chi connectivity index (χ1n) is 5.77. The van der Waals surface area contributed by atoms with E-state index in [1.165, 1.54) is 6.08 Å². The first kappa shape index (κ1) is 14.3. The van der Waals surface area contributed by atoms with E-state index in [0.717, 1.165) is 17.2 Å². The average molecular weight is 249 g/mol. The van der Waals surface area contributed by atoms with Crippen LogP contribution in [-0.2, 0) is 9.53 Å². The molecule has 1 rings (SSSR count). The zero-order valence-corrected chi connectivity index (χ0v) is 10.8. The average Bonchev–Trinajstić information content (AvgIpc) is 2.36. The van der Waals surface area contributed by atoms with E-state index < -0.39 is 5.97 Å². The van der Waals surface area contributed by atoms with Crippen LogP contribution in [-0.4, -0.2) is 19.7 Å². The van der Waals surface area contributed by atoms with E-state index in [-0.39, 0.29) is 6.10 Å². The summed E-state index contributed by atoms with van der Waals surface area (Å²) in [7, 11) is 1.58. The quantitative estimate of drug-likeness (QED) is 0.718. The van der Waals surface area contributed by atoms with Gasteiger partial charge in [0.2, 0.25) is 0 Å². The molecule has 1 aromatic carbocycles. The van der Waals surface area contributed by atoms with E-state index in [2.05, 4.69) is 0 Å². The Morgan fingerprint density at radius 1 is 1.50 bits per heavy atom. The minimum Gasteiger partial charge on any atom is -0.545 e. The minimum atomic E-state index is -1.22. The molecule has 4 nitrogen and oxygen atoms in total. The molecular weight excluding hydrogens is 232 g/mol. The predicted octanol–water partition coefficient (Wildman–Crippen LogP) is 1.56. The van der Waals surface area contributed by atoms with Crippen LogP contribution in [0.4, 0.5) is 0 Å². The van der Waals surface area contributed by atoms with Crippen LogP contribution in [0, 0.1) is 0 Å². The molecule has 98 valence electrons. The lowest BCUT2D eigenvalue weighted by Gasteiger charge is -2.16. The number of benzene rings is 1. The topological polar surface area (TPSA) is 58.6 Å². The first-order valence-corrected chi connectivity index (χ1v) is 5.77. The number of aliphatic carboxylic acids is 1. The van der Waals surface area contributed by atoms with Gasteiger partial charge in [-0.05, 0) is 43.2 Å². The molecule has 0 radical (unpaired) electrons. The number of hydrogen-bond donors (Lipinski definition) is 0. The van der Waals surface area contributed by atoms with Gasteiger partial charge in [0.25, 0.3) is 0 Å². The van der Waals surface area contributed by atoms with Crippen LogP contribution >= 0.6 is 0 Å². The van der Waals surface area contributed by atoms with E-state index in [0.29, 0.717) is 12.4 Å². The fourth-order valence-corrected chi connectivity index (χ4v) is 1.68. The third kappa shape index (κ3) is 3.89. The molecule has 18 heavy (non-hydrogen) atoms. The molecular formula is C14H17O4-. The Morgan fingerprint density at radius 2 is 2.22 bits per heavy atom. The Kier molecular flexibility index (Phi) is 5.39. The van der Waals surface area contributed by atoms with Crippen LogP contribution < -0.4 is 9.84 Å². The summed E-state index contributed by atoms with van der Waals surface area (Å²) in [5.74, 6) is -0.511. The van der Waals surface area contributed by atoms with Gasteiger partial charge in [0.1, 0.15) is 5.75 Å². The standard InChI is InChI=1S/C14H18O4/c1-4-18-10(2)13-9-12(17-3)7-5-11(13)6-8-14(15)16/h5-10H,4H2,1-3H3,(H,15,16)/p-1/b8-6+. The molecule has 0 saturated heterocycles. The number of carboxylic acid groups (broad SMARTS) is 1. The summed E-state index contributed by atoms with van der Waals surface area (Å²) in [6.45, 7) is 4.41. The zero-order chi connectivity index (χ0) is 13.5. The van der Waals surface area contributed by atoms with Gasteiger partial charge >= 0.3 is 0 Å². The highest BCUT2D eigenvalue weighted by molar-refractivity contribution is 5.84. The van der Waals surface area contributed by atoms with Crippen molar-refractivity contribution in [3.63, 3.8) is 0 Å². The molecule has 0 heterocycles. The normalized spacial score (nSPS) is 12.6. The molecule has 1 unspecified atom stereocenters. The first-order chi connectivity index (χ1) is 8.58. The van der Waals surface area contributed by atoms with Crippen LogP contribution in [0.5, 0.6) is 5.75 Å². The van der Waals surface area contributed by atoms with Crippen molar-refractivity contribution in [1.82, 2.24) is 0 Å². The van der Waals surface area contributed by atoms with Crippen molar-refractivity contribution < 1.29 is 19.4 Å². The second-order valence-electron chi connectivity index (χ2n) is 3.74. The van der Waals surface area contributed by atoms with Gasteiger partial charge in [-0.2, -0.15) is 0 Å². The number of hydrogen-bond acceptors (Lipinski definition) is 4. The lowest BCUT2D eigenvalue weighted by molar-refractivity contribution is -0.297. The number of carbonyl (C=O) groups excluding carboxylic acids is 1. The Labute approximate surface area is 107 Å². The van der Waals surface area contributed by atoms with Crippen LogP contribution in [0.1, 0.15) is 31.1 Å². The second kappa shape index (κ2) is 6.81. The molecule has 0 saturated carbocycles. The number of carboxylic acids is 1. The maximum Gasteiger partial charge on any atom is 0.119 e. The molecule has 0 bridgehead atoms. The van der Waals surface area contributed by atoms with Gasteiger partial charge in [0.05, 0.1) is 19.2 Å². The number of carbonyl (C=O) groups is 1. The van der Waals surface area contributed by atoms with E-state index >= 15 is 0 Å². The summed E-state index contributed by atoms with van der Waals surface area (Å²) >= 11 is 0. The molecule has 0 N–H and O–H groups in total. The van der Waals surface area contributed by atoms with E-state index in [1.807, 2.05) is 19.9 Å². The van der Waals surface area contributed by atoms with Crippen molar-refractivity contribution in [2.75, 3.05) is 13.7 Å². The van der Waals surface area contributed by atoms with Gasteiger partial charge in [-0.25, -0.2) is 0 Å². The van der Waals surface area contributed by atoms with Gasteiger partial charge in [-0.3, -0.25) is 0 Å². The third-order valence-electron chi connectivity index (χ3n) is 2.55. The van der Waals surface area contributed by atoms with Crippen LogP contribution in [0.3, 0.4) is 0 Å². The van der Waals surface area contributed by atoms with E-state index in [9.17, 15) is 9.90 Å². The van der Waals surface area contributed by atoms with E-state index in [1.54, 1.807) is 19.2 Å². The van der Waals surface area contributed by atoms with Crippen molar-refractivity contribution in [3.05, 3.63) is 35.4 Å². The van der Waals surface area contributed by atoms with Gasteiger partial charge in [0.15, 0.2) is 0 Å². The molecule has 4 heteroatoms. The number of ether oxygens (including phenoxy) is 2. The van der Waals surface area contributed by atoms with Crippen molar-refractivity contribution in [2.24, 2.45) is 0 Å². The van der Waals surface area contributed by atoms with Crippen molar-refractivity contribution in [2.45, 2.75) is 20.0 Å². The molecule has 0 aromatic heterocycles. The highest BCUT2D eigenvalue weighted by atomic mass is 16.5. The SMILES string of the molecule is CCOC(C)c1cc(OC)ccc1/C=C/C(=O)[O-]. The monoisotopic (exact) mass is 249 g/mol. The highest BCUT2D eigenvalue weighted by Crippen LogP contribution is 2.26. The smallest absolute Gasteiger partial charge is 0.119 e. The summed E-state index contributed by atoms with van der Waals surface area (Å²) in [4.78, 5) is 10.4. The van der Waals surface area contributed by atoms with Crippen molar-refractivity contribution >= 4 is 12.0 Å². The van der Waals surface area contributed by atoms with Crippen LogP contribution in [0.25, 0.3) is 6.08 Å². The molecule has 0 amide bonds. The maximum atomic E-state index is 10.4. The Morgan fingerprint density at radius 3 is 2.78 bits per heavy atom. The Balaban J connectivity index is 3.11. The third-order valence-corrected chi connectivity index (χ3v) is 2.55. The van der Waals surface area contributed by atoms with Crippen LogP contribution in [0.15, 0.2) is 24.3 Å². The summed E-state index contributed by atoms with van der Waals surface area (Å²) in [6.07, 6.45) is 2.37. The lowest BCUT2D eigenvalue weighted by atomic mass is 10.0. The predicted molar refractivity (Wildman–Crippen MR) is 67.1 cm³/mol. The zero-order valence-electron chi connectivity index (χ0n) is 10.8. The summed E-state index contributed by atoms with van der Waals surface area (Å²) < 4.78 is 10.7. The highest BCUT2D eigenvalue weighted by Gasteiger charge is 2.10. The molecule has 0 fully saturated rings. The largest absolute Gasteiger partial charge is 0.545 e. The van der Waals surface area contributed by atoms with Crippen molar-refractivity contribution in [1.29, 1.82) is 0 Å². The maximum absolute atomic E-state index is 10.4. The minimum absolute atomic E-state index is 0.133. The second-order valence-corrected chi connectivity index (χ2v) is 3.74. The van der Waals surface area contributed by atoms with Gasteiger partial charge in [-0.1, -0.05) is 12.1 Å². The number of rotatable bonds is 6. The number of methoxy groups -OCH3 is 1.